The minimum absolute atomic E-state index is 0. The zero-order valence-corrected chi connectivity index (χ0v) is 31.4. The molecule has 6 rings (SSSR count). The van der Waals surface area contributed by atoms with Gasteiger partial charge in [0.05, 0.1) is 34.2 Å². The van der Waals surface area contributed by atoms with Crippen molar-refractivity contribution in [2.75, 3.05) is 0 Å². The number of hydrogen-bond donors (Lipinski definition) is 0. The molecule has 10 heteroatoms. The van der Waals surface area contributed by atoms with Crippen molar-refractivity contribution in [1.82, 2.24) is 29.9 Å². The molecular formula is C36H32Cl2N6Os2. The smallest absolute Gasteiger partial charge is 0.0964 e. The molecule has 0 aromatic carbocycles. The SMILES string of the molecule is C=Cc1cnc(-c2ccccn2)c(C=C)c1C=C.Cl.Cl.[Os].[Os].c1ccc(-c2ccccn2)nc1.c1ccc(-c2ccccn2)nc1. The molecule has 6 aromatic rings. The predicted octanol–water partition coefficient (Wildman–Crippen LogP) is 9.20. The Balaban J connectivity index is 0.000000649. The van der Waals surface area contributed by atoms with Gasteiger partial charge < -0.3 is 0 Å². The summed E-state index contributed by atoms with van der Waals surface area (Å²) in [5.41, 5.74) is 8.15. The summed E-state index contributed by atoms with van der Waals surface area (Å²) in [6, 6.07) is 28.9. The Morgan fingerprint density at radius 1 is 0.391 bits per heavy atom. The third-order valence-electron chi connectivity index (χ3n) is 5.91. The molecule has 0 unspecified atom stereocenters. The van der Waals surface area contributed by atoms with Gasteiger partial charge in [0.15, 0.2) is 0 Å². The molecule has 6 heterocycles. The first-order chi connectivity index (χ1) is 20.7. The van der Waals surface area contributed by atoms with Gasteiger partial charge in [0.1, 0.15) is 0 Å². The molecule has 0 fully saturated rings. The Labute approximate surface area is 309 Å². The summed E-state index contributed by atoms with van der Waals surface area (Å²) in [5, 5.41) is 0. The Morgan fingerprint density at radius 3 is 0.978 bits per heavy atom. The molecule has 0 spiro atoms. The van der Waals surface area contributed by atoms with Crippen LogP contribution in [-0.2, 0) is 39.6 Å². The van der Waals surface area contributed by atoms with Crippen LogP contribution in [0.1, 0.15) is 16.7 Å². The molecule has 0 amide bonds. The molecule has 0 bridgehead atoms. The van der Waals surface area contributed by atoms with Gasteiger partial charge in [-0.1, -0.05) is 68.3 Å². The van der Waals surface area contributed by atoms with Crippen LogP contribution in [-0.4, -0.2) is 29.9 Å². The quantitative estimate of drug-likeness (QED) is 0.166. The Hall–Kier alpha value is -4.03. The number of rotatable bonds is 6. The van der Waals surface area contributed by atoms with Crippen molar-refractivity contribution in [1.29, 1.82) is 0 Å². The molecule has 46 heavy (non-hydrogen) atoms. The topological polar surface area (TPSA) is 77.3 Å². The van der Waals surface area contributed by atoms with E-state index < -0.39 is 0 Å². The van der Waals surface area contributed by atoms with E-state index in [1.165, 1.54) is 0 Å². The first-order valence-electron chi connectivity index (χ1n) is 13.2. The molecule has 0 aliphatic carbocycles. The van der Waals surface area contributed by atoms with Crippen molar-refractivity contribution >= 4 is 43.0 Å². The number of hydrogen-bond acceptors (Lipinski definition) is 6. The van der Waals surface area contributed by atoms with Gasteiger partial charge in [-0.3, -0.25) is 29.9 Å². The Bertz CT molecular complexity index is 1560. The van der Waals surface area contributed by atoms with E-state index in [9.17, 15) is 0 Å². The fourth-order valence-electron chi connectivity index (χ4n) is 3.92. The predicted molar refractivity (Wildman–Crippen MR) is 187 cm³/mol. The Kier molecular flexibility index (Phi) is 21.3. The molecule has 0 aliphatic rings. The largest absolute Gasteiger partial charge is 0.255 e. The van der Waals surface area contributed by atoms with E-state index in [1.54, 1.807) is 55.4 Å². The van der Waals surface area contributed by atoms with Crippen LogP contribution in [0, 0.1) is 0 Å². The van der Waals surface area contributed by atoms with E-state index in [0.29, 0.717) is 0 Å². The summed E-state index contributed by atoms with van der Waals surface area (Å²) in [5.74, 6) is 0. The molecule has 0 N–H and O–H groups in total. The summed E-state index contributed by atoms with van der Waals surface area (Å²) in [6.07, 6.45) is 15.9. The second-order valence-electron chi connectivity index (χ2n) is 8.58. The number of pyridine rings is 6. The van der Waals surface area contributed by atoms with E-state index in [4.69, 9.17) is 0 Å². The van der Waals surface area contributed by atoms with Gasteiger partial charge >= 0.3 is 0 Å². The van der Waals surface area contributed by atoms with Crippen molar-refractivity contribution < 1.29 is 39.6 Å². The monoisotopic (exact) mass is 1000 g/mol. The van der Waals surface area contributed by atoms with Gasteiger partial charge in [-0.15, -0.1) is 24.8 Å². The molecular weight excluding hydrogens is 968 g/mol. The van der Waals surface area contributed by atoms with Gasteiger partial charge in [0.2, 0.25) is 0 Å². The average molecular weight is 1000 g/mol. The van der Waals surface area contributed by atoms with Crippen molar-refractivity contribution in [3.63, 3.8) is 0 Å². The summed E-state index contributed by atoms with van der Waals surface area (Å²) in [7, 11) is 0. The summed E-state index contributed by atoms with van der Waals surface area (Å²) in [6.45, 7) is 11.5. The number of halogens is 2. The fourth-order valence-corrected chi connectivity index (χ4v) is 3.92. The van der Waals surface area contributed by atoms with Gasteiger partial charge in [-0.05, 0) is 66.2 Å². The van der Waals surface area contributed by atoms with Crippen LogP contribution in [0.2, 0.25) is 0 Å². The third-order valence-corrected chi connectivity index (χ3v) is 5.91. The molecule has 0 saturated carbocycles. The summed E-state index contributed by atoms with van der Waals surface area (Å²) >= 11 is 0. The zero-order valence-electron chi connectivity index (χ0n) is 24.7. The van der Waals surface area contributed by atoms with Crippen LogP contribution in [0.4, 0.5) is 0 Å². The summed E-state index contributed by atoms with van der Waals surface area (Å²) in [4.78, 5) is 25.5. The second kappa shape index (κ2) is 23.3. The van der Waals surface area contributed by atoms with Crippen molar-refractivity contribution in [3.8, 4) is 34.2 Å². The van der Waals surface area contributed by atoms with Crippen molar-refractivity contribution in [2.24, 2.45) is 0 Å². The average Bonchev–Trinajstić information content (AvgIpc) is 3.10. The minimum Gasteiger partial charge on any atom is -0.255 e. The maximum absolute atomic E-state index is 4.45. The third kappa shape index (κ3) is 12.1. The van der Waals surface area contributed by atoms with Crippen molar-refractivity contribution in [3.05, 3.63) is 165 Å². The molecule has 0 radical (unpaired) electrons. The van der Waals surface area contributed by atoms with E-state index in [-0.39, 0.29) is 64.4 Å². The van der Waals surface area contributed by atoms with Crippen LogP contribution in [0.15, 0.2) is 148 Å². The first kappa shape index (κ1) is 42.0. The van der Waals surface area contributed by atoms with Crippen LogP contribution in [0.5, 0.6) is 0 Å². The molecule has 0 atom stereocenters. The molecule has 0 saturated heterocycles. The number of nitrogens with zero attached hydrogens (tertiary/aromatic N) is 6. The van der Waals surface area contributed by atoms with Gasteiger partial charge in [0, 0.05) is 87.9 Å². The molecule has 6 nitrogen and oxygen atoms in total. The van der Waals surface area contributed by atoms with Crippen LogP contribution in [0.25, 0.3) is 52.4 Å². The van der Waals surface area contributed by atoms with Crippen molar-refractivity contribution in [2.45, 2.75) is 0 Å². The van der Waals surface area contributed by atoms with Gasteiger partial charge in [0.25, 0.3) is 0 Å². The maximum Gasteiger partial charge on any atom is 0.0964 e. The normalized spacial score (nSPS) is 8.87. The minimum atomic E-state index is 0. The molecule has 236 valence electrons. The van der Waals surface area contributed by atoms with E-state index >= 15 is 0 Å². The van der Waals surface area contributed by atoms with Gasteiger partial charge in [-0.25, -0.2) is 0 Å². The second-order valence-corrected chi connectivity index (χ2v) is 8.58. The van der Waals surface area contributed by atoms with E-state index in [0.717, 1.165) is 50.9 Å². The van der Waals surface area contributed by atoms with Crippen LogP contribution in [0.3, 0.4) is 0 Å². The van der Waals surface area contributed by atoms with Gasteiger partial charge in [-0.2, -0.15) is 0 Å². The molecule has 0 aliphatic heterocycles. The maximum atomic E-state index is 4.45. The standard InChI is InChI=1S/C16H14N2.2C10H8N2.2ClH.2Os/c1-4-12-11-18-16(14(6-3)13(12)5-2)15-9-7-8-10-17-15;2*1-3-7-11-9(5-1)10-6-2-4-8-12-10;;;;/h4-11H,1-3H2;2*1-8H;2*1H;;. The fraction of sp³-hybridized carbons (Fsp3) is 0. The zero-order chi connectivity index (χ0) is 29.4. The van der Waals surface area contributed by atoms with E-state index in [1.807, 2.05) is 91.0 Å². The van der Waals surface area contributed by atoms with Crippen LogP contribution < -0.4 is 0 Å². The first-order valence-corrected chi connectivity index (χ1v) is 13.2. The number of aromatic nitrogens is 6. The summed E-state index contributed by atoms with van der Waals surface area (Å²) < 4.78 is 0. The Morgan fingerprint density at radius 2 is 0.717 bits per heavy atom. The van der Waals surface area contributed by atoms with Crippen LogP contribution >= 0.6 is 24.8 Å². The molecule has 6 aromatic heterocycles. The van der Waals surface area contributed by atoms with E-state index in [2.05, 4.69) is 49.6 Å².